The third kappa shape index (κ3) is 3.00. The van der Waals surface area contributed by atoms with Crippen molar-refractivity contribution in [2.45, 2.75) is 18.7 Å². The molecule has 0 amide bonds. The number of hydrogen-bond donors (Lipinski definition) is 0. The van der Waals surface area contributed by atoms with Gasteiger partial charge in [-0.2, -0.15) is 5.10 Å². The summed E-state index contributed by atoms with van der Waals surface area (Å²) in [7, 11) is 0. The normalized spacial score (nSPS) is 20.2. The number of ether oxygens (including phenoxy) is 1. The number of rotatable bonds is 3. The van der Waals surface area contributed by atoms with Crippen molar-refractivity contribution in [2.75, 3.05) is 0 Å². The van der Waals surface area contributed by atoms with Gasteiger partial charge in [0, 0.05) is 27.6 Å². The molecule has 3 aromatic rings. The zero-order valence-corrected chi connectivity index (χ0v) is 16.8. The maximum absolute atomic E-state index is 13.2. The van der Waals surface area contributed by atoms with Gasteiger partial charge in [0.2, 0.25) is 5.78 Å². The van der Waals surface area contributed by atoms with E-state index < -0.39 is 6.23 Å². The summed E-state index contributed by atoms with van der Waals surface area (Å²) in [5, 5.41) is 9.78. The summed E-state index contributed by atoms with van der Waals surface area (Å²) in [5.74, 6) is 0.513. The summed E-state index contributed by atoms with van der Waals surface area (Å²) in [5.41, 5.74) is 2.43. The molecule has 0 fully saturated rings. The van der Waals surface area contributed by atoms with Crippen molar-refractivity contribution in [1.82, 2.24) is 5.01 Å². The number of hydrogen-bond acceptors (Lipinski definition) is 5. The summed E-state index contributed by atoms with van der Waals surface area (Å²) < 4.78 is 6.09. The summed E-state index contributed by atoms with van der Waals surface area (Å²) in [6.07, 6.45) is -0.140. The molecule has 2 unspecified atom stereocenters. The third-order valence-corrected chi connectivity index (χ3v) is 6.32. The highest BCUT2D eigenvalue weighted by molar-refractivity contribution is 7.12. The van der Waals surface area contributed by atoms with Crippen molar-refractivity contribution < 1.29 is 9.53 Å². The molecule has 0 bridgehead atoms. The predicted octanol–water partition coefficient (Wildman–Crippen LogP) is 5.81. The molecule has 0 N–H and O–H groups in total. The van der Waals surface area contributed by atoms with Gasteiger partial charge < -0.3 is 4.74 Å². The van der Waals surface area contributed by atoms with Crippen LogP contribution in [0.2, 0.25) is 10.0 Å². The second kappa shape index (κ2) is 6.92. The zero-order chi connectivity index (χ0) is 19.3. The first-order chi connectivity index (χ1) is 13.6. The van der Waals surface area contributed by atoms with Crippen LogP contribution in [0.25, 0.3) is 0 Å². The highest BCUT2D eigenvalue weighted by atomic mass is 35.5. The van der Waals surface area contributed by atoms with Gasteiger partial charge in [0.1, 0.15) is 5.75 Å². The van der Waals surface area contributed by atoms with Crippen molar-refractivity contribution in [3.05, 3.63) is 86.0 Å². The van der Waals surface area contributed by atoms with E-state index >= 15 is 0 Å². The van der Waals surface area contributed by atoms with Crippen LogP contribution in [0.3, 0.4) is 0 Å². The molecule has 3 heterocycles. The number of hydrazone groups is 1. The molecule has 4 nitrogen and oxygen atoms in total. The number of ketones is 1. The Hall–Kier alpha value is -2.34. The van der Waals surface area contributed by atoms with Gasteiger partial charge in [0.05, 0.1) is 16.6 Å². The van der Waals surface area contributed by atoms with Crippen molar-refractivity contribution >= 4 is 46.0 Å². The summed E-state index contributed by atoms with van der Waals surface area (Å²) >= 11 is 13.8. The van der Waals surface area contributed by atoms with Crippen molar-refractivity contribution in [3.63, 3.8) is 0 Å². The maximum atomic E-state index is 13.2. The van der Waals surface area contributed by atoms with Gasteiger partial charge in [0.25, 0.3) is 6.23 Å². The molecular weight excluding hydrogens is 415 g/mol. The van der Waals surface area contributed by atoms with E-state index in [4.69, 9.17) is 33.0 Å². The lowest BCUT2D eigenvalue weighted by Crippen LogP contribution is -2.45. The minimum atomic E-state index is -0.836. The number of carbonyl (C=O) groups excluding carboxylic acids is 1. The Kier molecular flexibility index (Phi) is 4.38. The van der Waals surface area contributed by atoms with Gasteiger partial charge in [-0.1, -0.05) is 29.3 Å². The average Bonchev–Trinajstić information content (AvgIpc) is 3.37. The summed E-state index contributed by atoms with van der Waals surface area (Å²) in [6.45, 7) is 0. The van der Waals surface area contributed by atoms with Gasteiger partial charge in [-0.15, -0.1) is 11.3 Å². The van der Waals surface area contributed by atoms with Crippen LogP contribution in [-0.2, 0) is 0 Å². The van der Waals surface area contributed by atoms with E-state index in [-0.39, 0.29) is 11.8 Å². The molecule has 7 heteroatoms. The van der Waals surface area contributed by atoms with Crippen LogP contribution in [0.4, 0.5) is 0 Å². The summed E-state index contributed by atoms with van der Waals surface area (Å²) in [6, 6.07) is 16.2. The van der Waals surface area contributed by atoms with Crippen LogP contribution in [-0.4, -0.2) is 22.7 Å². The molecule has 140 valence electrons. The highest BCUT2D eigenvalue weighted by Gasteiger charge is 2.43. The number of thiophene rings is 1. The Balaban J connectivity index is 1.57. The van der Waals surface area contributed by atoms with Gasteiger partial charge in [-0.25, -0.2) is 5.01 Å². The Labute approximate surface area is 176 Å². The molecule has 2 aliphatic heterocycles. The summed E-state index contributed by atoms with van der Waals surface area (Å²) in [4.78, 5) is 14.3. The molecule has 0 radical (unpaired) electrons. The molecule has 28 heavy (non-hydrogen) atoms. The molecule has 1 aromatic heterocycles. The van der Waals surface area contributed by atoms with E-state index in [0.29, 0.717) is 27.8 Å². The minimum absolute atomic E-state index is 0.0965. The quantitative estimate of drug-likeness (QED) is 0.494. The fraction of sp³-hybridized carbons (Fsp3) is 0.143. The minimum Gasteiger partial charge on any atom is -0.461 e. The van der Waals surface area contributed by atoms with Crippen LogP contribution >= 0.6 is 34.5 Å². The lowest BCUT2D eigenvalue weighted by Gasteiger charge is -2.37. The fourth-order valence-electron chi connectivity index (χ4n) is 3.58. The first-order valence-electron chi connectivity index (χ1n) is 8.76. The Morgan fingerprint density at radius 1 is 1.11 bits per heavy atom. The highest BCUT2D eigenvalue weighted by Crippen LogP contribution is 2.44. The number of carbonyl (C=O) groups is 1. The van der Waals surface area contributed by atoms with Crippen molar-refractivity contribution in [2.24, 2.45) is 5.10 Å². The van der Waals surface area contributed by atoms with Crippen LogP contribution in [0.15, 0.2) is 65.1 Å². The van der Waals surface area contributed by atoms with Crippen LogP contribution < -0.4 is 4.74 Å². The number of halogens is 2. The van der Waals surface area contributed by atoms with Crippen molar-refractivity contribution in [1.29, 1.82) is 0 Å². The molecule has 0 saturated carbocycles. The van der Waals surface area contributed by atoms with Crippen LogP contribution in [0.5, 0.6) is 5.75 Å². The first-order valence-corrected chi connectivity index (χ1v) is 10.4. The number of fused-ring (bicyclic) bond motifs is 3. The SMILES string of the molecule is O=C(c1ccc(Cl)cc1)C1Oc2ccc(Cl)cc2C2CC(c3cccs3)=NN12. The van der Waals surface area contributed by atoms with E-state index in [1.165, 1.54) is 0 Å². The lowest BCUT2D eigenvalue weighted by atomic mass is 9.97. The second-order valence-electron chi connectivity index (χ2n) is 6.65. The fourth-order valence-corrected chi connectivity index (χ4v) is 4.61. The molecular formula is C21H14Cl2N2O2S. The average molecular weight is 429 g/mol. The molecule has 0 spiro atoms. The lowest BCUT2D eigenvalue weighted by molar-refractivity contribution is -0.00454. The zero-order valence-electron chi connectivity index (χ0n) is 14.5. The molecule has 5 rings (SSSR count). The standard InChI is InChI=1S/C21H14Cl2N2O2S/c22-13-5-3-12(4-6-13)20(26)21-25-17(11-16(24-25)19-2-1-9-28-19)15-10-14(23)7-8-18(15)27-21/h1-10,17,21H,11H2. The predicted molar refractivity (Wildman–Crippen MR) is 112 cm³/mol. The van der Waals surface area contributed by atoms with Crippen LogP contribution in [0.1, 0.15) is 33.3 Å². The Morgan fingerprint density at radius 2 is 1.89 bits per heavy atom. The Morgan fingerprint density at radius 3 is 2.64 bits per heavy atom. The smallest absolute Gasteiger partial charge is 0.251 e. The van der Waals surface area contributed by atoms with E-state index in [9.17, 15) is 4.79 Å². The number of benzene rings is 2. The molecule has 0 aliphatic carbocycles. The second-order valence-corrected chi connectivity index (χ2v) is 8.47. The van der Waals surface area contributed by atoms with Gasteiger partial charge in [-0.3, -0.25) is 4.79 Å². The van der Waals surface area contributed by atoms with E-state index in [0.717, 1.165) is 16.2 Å². The molecule has 2 aliphatic rings. The Bertz CT molecular complexity index is 1080. The first kappa shape index (κ1) is 17.7. The largest absolute Gasteiger partial charge is 0.461 e. The van der Waals surface area contributed by atoms with E-state index in [1.54, 1.807) is 46.7 Å². The van der Waals surface area contributed by atoms with E-state index in [2.05, 4.69) is 0 Å². The van der Waals surface area contributed by atoms with E-state index in [1.807, 2.05) is 29.6 Å². The topological polar surface area (TPSA) is 41.9 Å². The monoisotopic (exact) mass is 428 g/mol. The molecule has 0 saturated heterocycles. The molecule has 2 aromatic carbocycles. The van der Waals surface area contributed by atoms with Gasteiger partial charge >= 0.3 is 0 Å². The molecule has 2 atom stereocenters. The van der Waals surface area contributed by atoms with Crippen molar-refractivity contribution in [3.8, 4) is 5.75 Å². The third-order valence-electron chi connectivity index (χ3n) is 4.91. The van der Waals surface area contributed by atoms with Gasteiger partial charge in [0.15, 0.2) is 0 Å². The van der Waals surface area contributed by atoms with Gasteiger partial charge in [-0.05, 0) is 53.9 Å². The van der Waals surface area contributed by atoms with Crippen LogP contribution in [0, 0.1) is 0 Å². The number of Topliss-reactive ketones (excluding diaryl/α,β-unsaturated/α-hetero) is 1. The maximum Gasteiger partial charge on any atom is 0.251 e. The number of nitrogens with zero attached hydrogens (tertiary/aromatic N) is 2.